The van der Waals surface area contributed by atoms with Crippen LogP contribution in [-0.4, -0.2) is 49.1 Å². The molecule has 0 atom stereocenters. The molecule has 2 amide bonds. The molecule has 2 N–H and O–H groups in total. The van der Waals surface area contributed by atoms with Crippen LogP contribution in [0.4, 0.5) is 10.8 Å². The molecule has 3 rings (SSSR count). The van der Waals surface area contributed by atoms with E-state index in [0.29, 0.717) is 43.0 Å². The number of nitrogens with zero attached hydrogens (tertiary/aromatic N) is 2. The lowest BCUT2D eigenvalue weighted by molar-refractivity contribution is -0.113. The maximum absolute atomic E-state index is 12.6. The lowest BCUT2D eigenvalue weighted by Gasteiger charge is -2.13. The van der Waals surface area contributed by atoms with Gasteiger partial charge in [0, 0.05) is 16.3 Å². The minimum Gasteiger partial charge on any atom is -0.493 e. The Morgan fingerprint density at radius 1 is 1.00 bits per heavy atom. The Kier molecular flexibility index (Phi) is 8.14. The molecule has 0 radical (unpaired) electrons. The molecule has 12 heteroatoms. The molecule has 0 fully saturated rings. The summed E-state index contributed by atoms with van der Waals surface area (Å²) in [4.78, 5) is 24.7. The normalized spacial score (nSPS) is 10.4. The van der Waals surface area contributed by atoms with Crippen LogP contribution in [0.15, 0.2) is 40.7 Å². The standard InChI is InChI=1S/C20H19ClN4O5S2/c1-28-14-8-11(9-15(29-2)17(14)30-3)18(27)23-19-24-25-20(32-19)31-10-16(26)22-13-6-4-12(21)5-7-13/h4-9H,10H2,1-3H3,(H,22,26)(H,23,24,27). The summed E-state index contributed by atoms with van der Waals surface area (Å²) < 4.78 is 16.3. The smallest absolute Gasteiger partial charge is 0.257 e. The maximum Gasteiger partial charge on any atom is 0.257 e. The topological polar surface area (TPSA) is 112 Å². The van der Waals surface area contributed by atoms with Gasteiger partial charge in [-0.3, -0.25) is 14.9 Å². The Labute approximate surface area is 197 Å². The van der Waals surface area contributed by atoms with Gasteiger partial charge in [-0.2, -0.15) is 0 Å². The van der Waals surface area contributed by atoms with Crippen molar-refractivity contribution in [1.29, 1.82) is 0 Å². The summed E-state index contributed by atoms with van der Waals surface area (Å²) in [6, 6.07) is 9.89. The van der Waals surface area contributed by atoms with E-state index in [4.69, 9.17) is 25.8 Å². The van der Waals surface area contributed by atoms with Crippen molar-refractivity contribution in [1.82, 2.24) is 10.2 Å². The average Bonchev–Trinajstić information content (AvgIpc) is 3.25. The third-order valence-electron chi connectivity index (χ3n) is 4.01. The summed E-state index contributed by atoms with van der Waals surface area (Å²) in [5.41, 5.74) is 0.946. The molecule has 1 aromatic heterocycles. The SMILES string of the molecule is COc1cc(C(=O)Nc2nnc(SCC(=O)Nc3ccc(Cl)cc3)s2)cc(OC)c1OC. The van der Waals surface area contributed by atoms with Gasteiger partial charge in [-0.25, -0.2) is 0 Å². The second kappa shape index (κ2) is 11.0. The minimum absolute atomic E-state index is 0.137. The highest BCUT2D eigenvalue weighted by atomic mass is 35.5. The first-order valence-corrected chi connectivity index (χ1v) is 11.2. The molecule has 3 aromatic rings. The van der Waals surface area contributed by atoms with Gasteiger partial charge in [0.05, 0.1) is 27.1 Å². The number of aromatic nitrogens is 2. The van der Waals surface area contributed by atoms with Crippen molar-refractivity contribution in [2.24, 2.45) is 0 Å². The van der Waals surface area contributed by atoms with Crippen molar-refractivity contribution in [2.75, 3.05) is 37.7 Å². The Hall–Kier alpha value is -3.02. The van der Waals surface area contributed by atoms with E-state index < -0.39 is 5.91 Å². The molecule has 0 spiro atoms. The highest BCUT2D eigenvalue weighted by Gasteiger charge is 2.18. The summed E-state index contributed by atoms with van der Waals surface area (Å²) in [5, 5.41) is 14.3. The molecule has 2 aromatic carbocycles. The zero-order chi connectivity index (χ0) is 23.1. The number of benzene rings is 2. The third-order valence-corrected chi connectivity index (χ3v) is 6.23. The van der Waals surface area contributed by atoms with E-state index in [-0.39, 0.29) is 11.7 Å². The molecular weight excluding hydrogens is 476 g/mol. The number of thioether (sulfide) groups is 1. The van der Waals surface area contributed by atoms with Gasteiger partial charge in [0.1, 0.15) is 0 Å². The molecule has 0 aliphatic carbocycles. The predicted molar refractivity (Wildman–Crippen MR) is 125 cm³/mol. The van der Waals surface area contributed by atoms with Gasteiger partial charge in [-0.15, -0.1) is 10.2 Å². The quantitative estimate of drug-likeness (QED) is 0.336. The van der Waals surface area contributed by atoms with E-state index in [1.54, 1.807) is 24.3 Å². The monoisotopic (exact) mass is 494 g/mol. The number of hydrogen-bond donors (Lipinski definition) is 2. The van der Waals surface area contributed by atoms with E-state index in [0.717, 1.165) is 11.3 Å². The molecule has 32 heavy (non-hydrogen) atoms. The summed E-state index contributed by atoms with van der Waals surface area (Å²) in [6.07, 6.45) is 0. The molecule has 0 bridgehead atoms. The molecule has 9 nitrogen and oxygen atoms in total. The van der Waals surface area contributed by atoms with E-state index in [2.05, 4.69) is 20.8 Å². The summed E-state index contributed by atoms with van der Waals surface area (Å²) in [7, 11) is 4.42. The molecule has 0 saturated heterocycles. The van der Waals surface area contributed by atoms with Crippen molar-refractivity contribution >= 4 is 57.3 Å². The van der Waals surface area contributed by atoms with Gasteiger partial charge in [-0.05, 0) is 36.4 Å². The second-order valence-electron chi connectivity index (χ2n) is 6.09. The zero-order valence-corrected chi connectivity index (χ0v) is 19.7. The van der Waals surface area contributed by atoms with E-state index >= 15 is 0 Å². The number of amides is 2. The van der Waals surface area contributed by atoms with Crippen LogP contribution in [0.5, 0.6) is 17.2 Å². The molecule has 0 saturated carbocycles. The van der Waals surface area contributed by atoms with E-state index in [1.165, 1.54) is 45.2 Å². The first-order chi connectivity index (χ1) is 15.4. The molecule has 1 heterocycles. The number of hydrogen-bond acceptors (Lipinski definition) is 9. The first kappa shape index (κ1) is 23.6. The molecular formula is C20H19ClN4O5S2. The lowest BCUT2D eigenvalue weighted by atomic mass is 10.1. The largest absolute Gasteiger partial charge is 0.493 e. The van der Waals surface area contributed by atoms with Crippen molar-refractivity contribution in [3.05, 3.63) is 47.0 Å². The Morgan fingerprint density at radius 3 is 2.25 bits per heavy atom. The van der Waals surface area contributed by atoms with Gasteiger partial charge < -0.3 is 19.5 Å². The van der Waals surface area contributed by atoms with Crippen LogP contribution in [0, 0.1) is 0 Å². The van der Waals surface area contributed by atoms with Crippen LogP contribution < -0.4 is 24.8 Å². The summed E-state index contributed by atoms with van der Waals surface area (Å²) in [5.74, 6) is 0.623. The van der Waals surface area contributed by atoms with Crippen LogP contribution in [-0.2, 0) is 4.79 Å². The van der Waals surface area contributed by atoms with Crippen LogP contribution in [0.25, 0.3) is 0 Å². The van der Waals surface area contributed by atoms with Crippen molar-refractivity contribution in [3.63, 3.8) is 0 Å². The highest BCUT2D eigenvalue weighted by Crippen LogP contribution is 2.38. The third kappa shape index (κ3) is 6.02. The van der Waals surface area contributed by atoms with Gasteiger partial charge in [0.15, 0.2) is 15.8 Å². The van der Waals surface area contributed by atoms with E-state index in [1.807, 2.05) is 0 Å². The van der Waals surface area contributed by atoms with Crippen LogP contribution in [0.1, 0.15) is 10.4 Å². The average molecular weight is 495 g/mol. The number of ether oxygens (including phenoxy) is 3. The molecule has 0 unspecified atom stereocenters. The van der Waals surface area contributed by atoms with Crippen LogP contribution in [0.2, 0.25) is 5.02 Å². The van der Waals surface area contributed by atoms with Gasteiger partial charge in [-0.1, -0.05) is 34.7 Å². The molecule has 0 aliphatic rings. The summed E-state index contributed by atoms with van der Waals surface area (Å²) >= 11 is 8.20. The lowest BCUT2D eigenvalue weighted by Crippen LogP contribution is -2.13. The van der Waals surface area contributed by atoms with Gasteiger partial charge in [0.25, 0.3) is 5.91 Å². The van der Waals surface area contributed by atoms with Crippen LogP contribution >= 0.6 is 34.7 Å². The zero-order valence-electron chi connectivity index (χ0n) is 17.3. The van der Waals surface area contributed by atoms with E-state index in [9.17, 15) is 9.59 Å². The fraction of sp³-hybridized carbons (Fsp3) is 0.200. The number of rotatable bonds is 9. The number of carbonyl (C=O) groups is 2. The number of anilines is 2. The van der Waals surface area contributed by atoms with Crippen LogP contribution in [0.3, 0.4) is 0 Å². The summed E-state index contributed by atoms with van der Waals surface area (Å²) in [6.45, 7) is 0. The maximum atomic E-state index is 12.6. The number of methoxy groups -OCH3 is 3. The van der Waals surface area contributed by atoms with Crippen molar-refractivity contribution in [2.45, 2.75) is 4.34 Å². The highest BCUT2D eigenvalue weighted by molar-refractivity contribution is 8.01. The Balaban J connectivity index is 1.59. The predicted octanol–water partition coefficient (Wildman–Crippen LogP) is 4.20. The number of nitrogens with one attached hydrogen (secondary N) is 2. The number of halogens is 1. The number of carbonyl (C=O) groups excluding carboxylic acids is 2. The van der Waals surface area contributed by atoms with Crippen molar-refractivity contribution < 1.29 is 23.8 Å². The van der Waals surface area contributed by atoms with Gasteiger partial charge >= 0.3 is 0 Å². The fourth-order valence-corrected chi connectivity index (χ4v) is 4.23. The fourth-order valence-electron chi connectivity index (χ4n) is 2.56. The van der Waals surface area contributed by atoms with Gasteiger partial charge in [0.2, 0.25) is 16.8 Å². The minimum atomic E-state index is -0.419. The molecule has 168 valence electrons. The Bertz CT molecular complexity index is 1080. The first-order valence-electron chi connectivity index (χ1n) is 9.06. The van der Waals surface area contributed by atoms with Crippen molar-refractivity contribution in [3.8, 4) is 17.2 Å². The Morgan fingerprint density at radius 2 is 1.66 bits per heavy atom. The second-order valence-corrected chi connectivity index (χ2v) is 8.72. The molecule has 0 aliphatic heterocycles.